The van der Waals surface area contributed by atoms with Crippen molar-refractivity contribution in [1.29, 1.82) is 0 Å². The molecule has 0 spiro atoms. The molecule has 0 saturated carbocycles. The van der Waals surface area contributed by atoms with E-state index < -0.39 is 26.9 Å². The first-order valence-electron chi connectivity index (χ1n) is 10.4. The number of amides is 2. The molecule has 4 rings (SSSR count). The minimum absolute atomic E-state index is 0.0426. The predicted octanol–water partition coefficient (Wildman–Crippen LogP) is 3.84. The zero-order chi connectivity index (χ0) is 23.6. The van der Waals surface area contributed by atoms with E-state index in [4.69, 9.17) is 0 Å². The van der Waals surface area contributed by atoms with Crippen LogP contribution in [0.3, 0.4) is 0 Å². The summed E-state index contributed by atoms with van der Waals surface area (Å²) in [6.45, 7) is 2.22. The van der Waals surface area contributed by atoms with Gasteiger partial charge in [0.05, 0.1) is 12.2 Å². The summed E-state index contributed by atoms with van der Waals surface area (Å²) in [6, 6.07) is 14.4. The molecule has 33 heavy (non-hydrogen) atoms. The minimum atomic E-state index is -3.84. The van der Waals surface area contributed by atoms with Crippen molar-refractivity contribution in [2.75, 3.05) is 18.8 Å². The van der Waals surface area contributed by atoms with Crippen LogP contribution in [-0.4, -0.2) is 49.2 Å². The van der Waals surface area contributed by atoms with Crippen LogP contribution in [0.25, 0.3) is 9.75 Å². The Morgan fingerprint density at radius 3 is 2.55 bits per heavy atom. The predicted molar refractivity (Wildman–Crippen MR) is 129 cm³/mol. The molecule has 2 amide bonds. The van der Waals surface area contributed by atoms with Crippen molar-refractivity contribution in [3.05, 3.63) is 69.9 Å². The third-order valence-electron chi connectivity index (χ3n) is 5.92. The van der Waals surface area contributed by atoms with E-state index in [1.54, 1.807) is 47.1 Å². The van der Waals surface area contributed by atoms with Gasteiger partial charge in [0.1, 0.15) is 4.75 Å². The van der Waals surface area contributed by atoms with Crippen LogP contribution in [-0.2, 0) is 19.4 Å². The van der Waals surface area contributed by atoms with Crippen molar-refractivity contribution in [2.24, 2.45) is 0 Å². The number of rotatable bonds is 5. The third-order valence-corrected chi connectivity index (χ3v) is 11.1. The van der Waals surface area contributed by atoms with E-state index in [2.05, 4.69) is 0 Å². The molecule has 1 aromatic carbocycles. The largest absolute Gasteiger partial charge is 0.338 e. The maximum absolute atomic E-state index is 13.6. The monoisotopic (exact) mass is 504 g/mol. The number of sulfone groups is 1. The normalized spacial score (nSPS) is 20.2. The Balaban J connectivity index is 1.72. The fraction of sp³-hybridized carbons (Fsp3) is 0.304. The lowest BCUT2D eigenvalue weighted by Gasteiger charge is -2.30. The Morgan fingerprint density at radius 1 is 1.12 bits per heavy atom. The molecule has 1 aliphatic rings. The van der Waals surface area contributed by atoms with Crippen LogP contribution in [0.5, 0.6) is 0 Å². The van der Waals surface area contributed by atoms with Gasteiger partial charge in [-0.3, -0.25) is 14.8 Å². The molecule has 1 saturated heterocycles. The Hall–Kier alpha value is -2.53. The van der Waals surface area contributed by atoms with Gasteiger partial charge in [-0.1, -0.05) is 18.2 Å². The lowest BCUT2D eigenvalue weighted by Crippen LogP contribution is -2.41. The van der Waals surface area contributed by atoms with E-state index in [9.17, 15) is 23.2 Å². The maximum atomic E-state index is 13.6. The molecule has 1 fully saturated rings. The van der Waals surface area contributed by atoms with E-state index in [1.165, 1.54) is 16.2 Å². The van der Waals surface area contributed by atoms with Gasteiger partial charge < -0.3 is 4.90 Å². The summed E-state index contributed by atoms with van der Waals surface area (Å²) in [5.74, 6) is -1.28. The number of nitrogens with zero attached hydrogens (tertiary/aromatic N) is 1. The highest BCUT2D eigenvalue weighted by molar-refractivity contribution is 7.92. The van der Waals surface area contributed by atoms with Gasteiger partial charge in [-0.25, -0.2) is 13.9 Å². The molecule has 0 bridgehead atoms. The number of hydroxylamine groups is 1. The topological polar surface area (TPSA) is 104 Å². The Morgan fingerprint density at radius 2 is 1.88 bits per heavy atom. The van der Waals surface area contributed by atoms with Crippen LogP contribution in [0.1, 0.15) is 33.6 Å². The molecule has 2 N–H and O–H groups in total. The smallest absolute Gasteiger partial charge is 0.253 e. The Bertz CT molecular complexity index is 1270. The van der Waals surface area contributed by atoms with Crippen LogP contribution < -0.4 is 5.48 Å². The van der Waals surface area contributed by atoms with Gasteiger partial charge in [0, 0.05) is 33.3 Å². The molecule has 0 unspecified atom stereocenters. The number of hydrogen-bond donors (Lipinski definition) is 2. The van der Waals surface area contributed by atoms with Crippen molar-refractivity contribution in [1.82, 2.24) is 10.4 Å². The molecular weight excluding hydrogens is 480 g/mol. The molecule has 2 aromatic heterocycles. The van der Waals surface area contributed by atoms with Crippen LogP contribution in [0.15, 0.2) is 53.9 Å². The van der Waals surface area contributed by atoms with E-state index >= 15 is 0 Å². The van der Waals surface area contributed by atoms with E-state index in [-0.39, 0.29) is 31.2 Å². The molecule has 1 atom stereocenters. The summed E-state index contributed by atoms with van der Waals surface area (Å²) in [5.41, 5.74) is 3.20. The number of carbonyl (C=O) groups is 2. The molecular formula is C23H24N2O5S3. The van der Waals surface area contributed by atoms with Crippen molar-refractivity contribution in [3.63, 3.8) is 0 Å². The first-order chi connectivity index (χ1) is 15.8. The summed E-state index contributed by atoms with van der Waals surface area (Å²) in [4.78, 5) is 29.3. The number of thiophene rings is 2. The second-order valence-corrected chi connectivity index (χ2v) is 12.5. The van der Waals surface area contributed by atoms with Crippen LogP contribution >= 0.6 is 22.7 Å². The highest BCUT2D eigenvalue weighted by Crippen LogP contribution is 2.46. The molecule has 174 valence electrons. The van der Waals surface area contributed by atoms with Gasteiger partial charge in [0.2, 0.25) is 5.91 Å². The molecule has 0 aliphatic carbocycles. The van der Waals surface area contributed by atoms with Gasteiger partial charge in [-0.15, -0.1) is 22.7 Å². The molecule has 7 nitrogen and oxygen atoms in total. The van der Waals surface area contributed by atoms with Gasteiger partial charge in [-0.05, 0) is 54.6 Å². The number of benzene rings is 1. The number of nitrogens with one attached hydrogen (secondary N) is 1. The average molecular weight is 505 g/mol. The zero-order valence-electron chi connectivity index (χ0n) is 18.0. The second-order valence-electron chi connectivity index (χ2n) is 8.09. The summed E-state index contributed by atoms with van der Waals surface area (Å²) in [7, 11) is -3.84. The summed E-state index contributed by atoms with van der Waals surface area (Å²) < 4.78 is 25.8. The molecule has 10 heteroatoms. The van der Waals surface area contributed by atoms with Crippen molar-refractivity contribution >= 4 is 44.3 Å². The number of hydrogen-bond acceptors (Lipinski definition) is 7. The van der Waals surface area contributed by atoms with Gasteiger partial charge in [0.15, 0.2) is 9.84 Å². The van der Waals surface area contributed by atoms with Crippen molar-refractivity contribution in [3.8, 4) is 9.75 Å². The molecule has 3 aromatic rings. The minimum Gasteiger partial charge on any atom is -0.338 e. The highest BCUT2D eigenvalue weighted by atomic mass is 32.2. The zero-order valence-corrected chi connectivity index (χ0v) is 20.4. The molecule has 3 heterocycles. The third kappa shape index (κ3) is 4.61. The summed E-state index contributed by atoms with van der Waals surface area (Å²) >= 11 is 2.92. The first kappa shape index (κ1) is 23.6. The molecule has 1 aliphatic heterocycles. The SMILES string of the molecule is Cc1csc(-c2ccc([C@@]3(CC(=O)NO)CCN(C(=O)c4ccccc4)CCS3(=O)=O)s2)c1. The fourth-order valence-electron chi connectivity index (χ4n) is 4.11. The Labute approximate surface area is 200 Å². The quantitative estimate of drug-likeness (QED) is 0.406. The highest BCUT2D eigenvalue weighted by Gasteiger charge is 2.49. The van der Waals surface area contributed by atoms with Gasteiger partial charge in [0.25, 0.3) is 5.91 Å². The van der Waals surface area contributed by atoms with Crippen molar-refractivity contribution < 1.29 is 23.2 Å². The lowest BCUT2D eigenvalue weighted by molar-refractivity contribution is -0.129. The van der Waals surface area contributed by atoms with Crippen molar-refractivity contribution in [2.45, 2.75) is 24.5 Å². The first-order valence-corrected chi connectivity index (χ1v) is 13.8. The fourth-order valence-corrected chi connectivity index (χ4v) is 8.71. The van der Waals surface area contributed by atoms with Gasteiger partial charge in [-0.2, -0.15) is 0 Å². The summed E-state index contributed by atoms with van der Waals surface area (Å²) in [5, 5.41) is 11.2. The maximum Gasteiger partial charge on any atom is 0.253 e. The Kier molecular flexibility index (Phi) is 6.71. The van der Waals surface area contributed by atoms with E-state index in [0.717, 1.165) is 15.3 Å². The van der Waals surface area contributed by atoms with Crippen LogP contribution in [0.2, 0.25) is 0 Å². The molecule has 0 radical (unpaired) electrons. The standard InChI is InChI=1S/C23H24N2O5S3/c1-16-13-19(31-15-16)18-7-8-20(32-18)23(14-21(26)24-28)9-10-25(11-12-33(23,29)30)22(27)17-5-3-2-4-6-17/h2-8,13,15,28H,9-12,14H2,1H3,(H,24,26)/t23-/m0/s1. The van der Waals surface area contributed by atoms with Crippen LogP contribution in [0.4, 0.5) is 0 Å². The lowest BCUT2D eigenvalue weighted by atomic mass is 9.97. The number of aryl methyl sites for hydroxylation is 1. The average Bonchev–Trinajstić information content (AvgIpc) is 3.44. The van der Waals surface area contributed by atoms with E-state index in [0.29, 0.717) is 10.4 Å². The van der Waals surface area contributed by atoms with Gasteiger partial charge >= 0.3 is 0 Å². The summed E-state index contributed by atoms with van der Waals surface area (Å²) in [6.07, 6.45) is -0.354. The van der Waals surface area contributed by atoms with E-state index in [1.807, 2.05) is 30.5 Å². The second kappa shape index (κ2) is 9.38. The number of carbonyl (C=O) groups excluding carboxylic acids is 2. The van der Waals surface area contributed by atoms with Crippen LogP contribution in [0, 0.1) is 6.92 Å².